The molecule has 0 bridgehead atoms. The number of anilines is 1. The quantitative estimate of drug-likeness (QED) is 0.720. The molecule has 1 aromatic heterocycles. The lowest BCUT2D eigenvalue weighted by molar-refractivity contribution is 0.271. The van der Waals surface area contributed by atoms with E-state index in [1.54, 1.807) is 10.9 Å². The van der Waals surface area contributed by atoms with Crippen molar-refractivity contribution in [1.82, 2.24) is 9.78 Å². The first-order chi connectivity index (χ1) is 7.22. The van der Waals surface area contributed by atoms with Crippen LogP contribution in [0.2, 0.25) is 0 Å². The molecule has 0 radical (unpaired) electrons. The number of nitrogens with two attached hydrogens (primary N) is 1. The number of nitrogen functional groups attached to an aromatic ring is 1. The zero-order valence-electron chi connectivity index (χ0n) is 8.51. The van der Waals surface area contributed by atoms with Gasteiger partial charge in [0.05, 0.1) is 18.5 Å². The molecule has 0 aliphatic rings. The number of aliphatic hydroxyl groups excluding tert-OH is 1. The van der Waals surface area contributed by atoms with Crippen LogP contribution in [-0.4, -0.2) is 14.9 Å². The first-order valence-corrected chi connectivity index (χ1v) is 4.70. The Kier molecular flexibility index (Phi) is 2.43. The summed E-state index contributed by atoms with van der Waals surface area (Å²) in [7, 11) is 1.81. The normalized spacial score (nSPS) is 10.5. The molecule has 0 saturated heterocycles. The maximum Gasteiger partial charge on any atom is 0.0856 e. The second-order valence-electron chi connectivity index (χ2n) is 3.41. The third-order valence-corrected chi connectivity index (χ3v) is 2.43. The van der Waals surface area contributed by atoms with Gasteiger partial charge < -0.3 is 10.8 Å². The van der Waals surface area contributed by atoms with Gasteiger partial charge in [0.15, 0.2) is 0 Å². The molecule has 4 heteroatoms. The van der Waals surface area contributed by atoms with Gasteiger partial charge in [0.1, 0.15) is 0 Å². The number of hydrogen-bond acceptors (Lipinski definition) is 3. The van der Waals surface area contributed by atoms with Crippen molar-refractivity contribution in [3.05, 3.63) is 36.2 Å². The van der Waals surface area contributed by atoms with E-state index >= 15 is 0 Å². The fourth-order valence-electron chi connectivity index (χ4n) is 1.55. The molecule has 3 N–H and O–H groups in total. The van der Waals surface area contributed by atoms with E-state index in [0.29, 0.717) is 0 Å². The highest BCUT2D eigenvalue weighted by atomic mass is 16.3. The van der Waals surface area contributed by atoms with Crippen LogP contribution in [0.25, 0.3) is 11.1 Å². The molecule has 4 nitrogen and oxygen atoms in total. The summed E-state index contributed by atoms with van der Waals surface area (Å²) in [6.45, 7) is -0.0176. The first kappa shape index (κ1) is 9.73. The van der Waals surface area contributed by atoms with Gasteiger partial charge >= 0.3 is 0 Å². The van der Waals surface area contributed by atoms with Gasteiger partial charge in [-0.3, -0.25) is 4.68 Å². The van der Waals surface area contributed by atoms with E-state index in [0.717, 1.165) is 22.5 Å². The topological polar surface area (TPSA) is 64.1 Å². The molecule has 15 heavy (non-hydrogen) atoms. The summed E-state index contributed by atoms with van der Waals surface area (Å²) in [4.78, 5) is 0. The maximum atomic E-state index is 9.22. The molecule has 0 spiro atoms. The van der Waals surface area contributed by atoms with Gasteiger partial charge in [-0.05, 0) is 17.7 Å². The lowest BCUT2D eigenvalue weighted by Gasteiger charge is -2.03. The van der Waals surface area contributed by atoms with Gasteiger partial charge in [0.2, 0.25) is 0 Å². The Hall–Kier alpha value is -1.81. The number of rotatable bonds is 2. The zero-order valence-corrected chi connectivity index (χ0v) is 8.51. The van der Waals surface area contributed by atoms with Crippen LogP contribution in [0.5, 0.6) is 0 Å². The van der Waals surface area contributed by atoms with E-state index in [9.17, 15) is 5.11 Å². The van der Waals surface area contributed by atoms with Crippen LogP contribution in [0.1, 0.15) is 5.69 Å². The number of aliphatic hydroxyl groups is 1. The Balaban J connectivity index is 2.49. The Bertz CT molecular complexity index is 459. The highest BCUT2D eigenvalue weighted by molar-refractivity contribution is 5.67. The van der Waals surface area contributed by atoms with Gasteiger partial charge in [0, 0.05) is 18.3 Å². The molecular weight excluding hydrogens is 190 g/mol. The molecule has 78 valence electrons. The molecule has 0 fully saturated rings. The van der Waals surface area contributed by atoms with Crippen molar-refractivity contribution >= 4 is 5.69 Å². The molecule has 0 saturated carbocycles. The van der Waals surface area contributed by atoms with Crippen LogP contribution in [0.15, 0.2) is 30.5 Å². The largest absolute Gasteiger partial charge is 0.399 e. The summed E-state index contributed by atoms with van der Waals surface area (Å²) in [5.74, 6) is 0. The van der Waals surface area contributed by atoms with Crippen molar-refractivity contribution in [2.75, 3.05) is 5.73 Å². The standard InChI is InChI=1S/C11H13N3O/c1-14-11(7-15)10(6-13-14)8-2-4-9(12)5-3-8/h2-6,15H,7,12H2,1H3. The Morgan fingerprint density at radius 1 is 1.33 bits per heavy atom. The van der Waals surface area contributed by atoms with E-state index in [1.807, 2.05) is 31.3 Å². The average molecular weight is 203 g/mol. The molecular formula is C11H13N3O. The predicted octanol–water partition coefficient (Wildman–Crippen LogP) is 1.16. The molecule has 2 rings (SSSR count). The van der Waals surface area contributed by atoms with Crippen molar-refractivity contribution in [3.8, 4) is 11.1 Å². The smallest absolute Gasteiger partial charge is 0.0856 e. The summed E-state index contributed by atoms with van der Waals surface area (Å²) in [5.41, 5.74) is 9.11. The summed E-state index contributed by atoms with van der Waals surface area (Å²) in [6, 6.07) is 7.52. The maximum absolute atomic E-state index is 9.22. The van der Waals surface area contributed by atoms with E-state index in [-0.39, 0.29) is 6.61 Å². The molecule has 2 aromatic rings. The van der Waals surface area contributed by atoms with E-state index in [1.165, 1.54) is 0 Å². The van der Waals surface area contributed by atoms with Gasteiger partial charge in [0.25, 0.3) is 0 Å². The van der Waals surface area contributed by atoms with Crippen molar-refractivity contribution in [3.63, 3.8) is 0 Å². The second-order valence-corrected chi connectivity index (χ2v) is 3.41. The van der Waals surface area contributed by atoms with Crippen molar-refractivity contribution in [1.29, 1.82) is 0 Å². The van der Waals surface area contributed by atoms with E-state index < -0.39 is 0 Å². The minimum atomic E-state index is -0.0176. The molecule has 0 aliphatic carbocycles. The summed E-state index contributed by atoms with van der Waals surface area (Å²) < 4.78 is 1.67. The second kappa shape index (κ2) is 3.74. The molecule has 0 aliphatic heterocycles. The average Bonchev–Trinajstić information content (AvgIpc) is 2.61. The van der Waals surface area contributed by atoms with Gasteiger partial charge in [-0.25, -0.2) is 0 Å². The van der Waals surface area contributed by atoms with E-state index in [4.69, 9.17) is 5.73 Å². The number of aromatic nitrogens is 2. The van der Waals surface area contributed by atoms with Crippen LogP contribution in [0.3, 0.4) is 0 Å². The Labute approximate surface area is 88.0 Å². The lowest BCUT2D eigenvalue weighted by Crippen LogP contribution is -1.98. The summed E-state index contributed by atoms with van der Waals surface area (Å²) >= 11 is 0. The number of hydrogen-bond donors (Lipinski definition) is 2. The number of aryl methyl sites for hydroxylation is 1. The minimum absolute atomic E-state index is 0.0176. The summed E-state index contributed by atoms with van der Waals surface area (Å²) in [5, 5.41) is 13.3. The zero-order chi connectivity index (χ0) is 10.8. The third kappa shape index (κ3) is 1.71. The number of benzene rings is 1. The van der Waals surface area contributed by atoms with Crippen LogP contribution < -0.4 is 5.73 Å². The van der Waals surface area contributed by atoms with E-state index in [2.05, 4.69) is 5.10 Å². The molecule has 1 heterocycles. The lowest BCUT2D eigenvalue weighted by atomic mass is 10.1. The fraction of sp³-hybridized carbons (Fsp3) is 0.182. The Morgan fingerprint density at radius 2 is 2.00 bits per heavy atom. The summed E-state index contributed by atoms with van der Waals surface area (Å²) in [6.07, 6.45) is 1.75. The van der Waals surface area contributed by atoms with Gasteiger partial charge in [-0.2, -0.15) is 5.10 Å². The number of nitrogens with zero attached hydrogens (tertiary/aromatic N) is 2. The SMILES string of the molecule is Cn1ncc(-c2ccc(N)cc2)c1CO. The minimum Gasteiger partial charge on any atom is -0.399 e. The van der Waals surface area contributed by atoms with Crippen LogP contribution in [0.4, 0.5) is 5.69 Å². The molecule has 0 atom stereocenters. The van der Waals surface area contributed by atoms with Crippen LogP contribution in [0, 0.1) is 0 Å². The molecule has 0 amide bonds. The van der Waals surface area contributed by atoms with Crippen molar-refractivity contribution in [2.24, 2.45) is 7.05 Å². The van der Waals surface area contributed by atoms with Gasteiger partial charge in [-0.15, -0.1) is 0 Å². The molecule has 0 unspecified atom stereocenters. The first-order valence-electron chi connectivity index (χ1n) is 4.70. The van der Waals surface area contributed by atoms with Crippen LogP contribution >= 0.6 is 0 Å². The van der Waals surface area contributed by atoms with Gasteiger partial charge in [-0.1, -0.05) is 12.1 Å². The monoisotopic (exact) mass is 203 g/mol. The van der Waals surface area contributed by atoms with Crippen molar-refractivity contribution in [2.45, 2.75) is 6.61 Å². The third-order valence-electron chi connectivity index (χ3n) is 2.43. The predicted molar refractivity (Wildman–Crippen MR) is 59.0 cm³/mol. The Morgan fingerprint density at radius 3 is 2.60 bits per heavy atom. The highest BCUT2D eigenvalue weighted by Gasteiger charge is 2.08. The molecule has 1 aromatic carbocycles. The van der Waals surface area contributed by atoms with Crippen LogP contribution in [-0.2, 0) is 13.7 Å². The highest BCUT2D eigenvalue weighted by Crippen LogP contribution is 2.23. The fourth-order valence-corrected chi connectivity index (χ4v) is 1.55. The van der Waals surface area contributed by atoms with Crippen molar-refractivity contribution < 1.29 is 5.11 Å².